The van der Waals surface area contributed by atoms with Crippen molar-refractivity contribution in [3.63, 3.8) is 0 Å². The van der Waals surface area contributed by atoms with E-state index in [4.69, 9.17) is 16.3 Å². The molecule has 2 rings (SSSR count). The second-order valence-electron chi connectivity index (χ2n) is 4.65. The molecule has 1 aromatic heterocycles. The molecule has 2 amide bonds. The Kier molecular flexibility index (Phi) is 6.16. The van der Waals surface area contributed by atoms with Crippen molar-refractivity contribution < 1.29 is 17.9 Å². The smallest absolute Gasteiger partial charge is 0.336 e. The summed E-state index contributed by atoms with van der Waals surface area (Å²) in [6.45, 7) is 1.56. The lowest BCUT2D eigenvalue weighted by Gasteiger charge is -2.10. The second kappa shape index (κ2) is 8.32. The molecule has 12 heteroatoms. The maximum atomic E-state index is 12.0. The Morgan fingerprint density at radius 3 is 2.50 bits per heavy atom. The van der Waals surface area contributed by atoms with Gasteiger partial charge in [0, 0.05) is 10.9 Å². The lowest BCUT2D eigenvalue weighted by atomic mass is 10.2. The van der Waals surface area contributed by atoms with E-state index in [2.05, 4.69) is 36.3 Å². The van der Waals surface area contributed by atoms with E-state index in [1.54, 1.807) is 23.8 Å². The van der Waals surface area contributed by atoms with E-state index >= 15 is 0 Å². The maximum Gasteiger partial charge on any atom is 0.336 e. The number of nitrogens with zero attached hydrogens (tertiary/aromatic N) is 3. The number of aryl methyl sites for hydroxylation is 1. The van der Waals surface area contributed by atoms with Crippen LogP contribution in [-0.2, 0) is 10.2 Å². The molecular formula is C14H13ClN6O4S. The molecule has 136 valence electrons. The first-order valence-corrected chi connectivity index (χ1v) is 8.77. The van der Waals surface area contributed by atoms with E-state index in [1.807, 2.05) is 0 Å². The van der Waals surface area contributed by atoms with Gasteiger partial charge in [0.05, 0.1) is 12.8 Å². The van der Waals surface area contributed by atoms with Gasteiger partial charge in [0.1, 0.15) is 5.82 Å². The molecule has 0 bridgehead atoms. The van der Waals surface area contributed by atoms with Crippen LogP contribution in [0.15, 0.2) is 24.3 Å². The molecular weight excluding hydrogens is 384 g/mol. The van der Waals surface area contributed by atoms with Crippen molar-refractivity contribution in [2.45, 2.75) is 6.92 Å². The number of anilines is 2. The highest BCUT2D eigenvalue weighted by atomic mass is 35.5. The fraction of sp³-hybridized carbons (Fsp3) is 0.143. The molecule has 0 radical (unpaired) electrons. The summed E-state index contributed by atoms with van der Waals surface area (Å²) >= 11 is 5.29. The number of carbonyl (C=O) groups is 1. The standard InChI is InChI=1S/C14H13ClN6O4S/c1-9-16-12(19-14(17-9)25-2)18-13(22)21-26(23,24)20-11-5-3-10(4-6-11)7-8-15/h3-6,20H,1-2H3,(H2,16,17,18,19,21,22). The van der Waals surface area contributed by atoms with Crippen molar-refractivity contribution in [3.05, 3.63) is 35.7 Å². The Labute approximate surface area is 154 Å². The molecule has 0 unspecified atom stereocenters. The summed E-state index contributed by atoms with van der Waals surface area (Å²) in [4.78, 5) is 23.3. The third-order valence-corrected chi connectivity index (χ3v) is 3.74. The summed E-state index contributed by atoms with van der Waals surface area (Å²) in [6, 6.07) is 4.98. The van der Waals surface area contributed by atoms with E-state index in [0.717, 1.165) is 0 Å². The van der Waals surface area contributed by atoms with Gasteiger partial charge >= 0.3 is 22.3 Å². The maximum absolute atomic E-state index is 12.0. The van der Waals surface area contributed by atoms with Gasteiger partial charge in [-0.3, -0.25) is 10.0 Å². The fourth-order valence-corrected chi connectivity index (χ4v) is 2.61. The predicted octanol–water partition coefficient (Wildman–Crippen LogP) is 1.21. The van der Waals surface area contributed by atoms with Crippen LogP contribution in [-0.4, -0.2) is 36.5 Å². The number of aromatic nitrogens is 3. The molecule has 0 aliphatic rings. The first-order valence-electron chi connectivity index (χ1n) is 6.91. The SMILES string of the molecule is COc1nc(C)nc(NC(=O)NS(=O)(=O)Nc2ccc(C#CCl)cc2)n1. The topological polar surface area (TPSA) is 135 Å². The molecule has 3 N–H and O–H groups in total. The average molecular weight is 397 g/mol. The summed E-state index contributed by atoms with van der Waals surface area (Å²) in [7, 11) is -2.84. The van der Waals surface area contributed by atoms with Gasteiger partial charge in [0.15, 0.2) is 0 Å². The predicted molar refractivity (Wildman–Crippen MR) is 95.0 cm³/mol. The van der Waals surface area contributed by atoms with Crippen LogP contribution in [0.3, 0.4) is 0 Å². The average Bonchev–Trinajstić information content (AvgIpc) is 2.55. The molecule has 26 heavy (non-hydrogen) atoms. The van der Waals surface area contributed by atoms with Crippen LogP contribution in [0.2, 0.25) is 0 Å². The van der Waals surface area contributed by atoms with Crippen LogP contribution in [0.25, 0.3) is 0 Å². The molecule has 1 heterocycles. The molecule has 0 saturated carbocycles. The number of carbonyl (C=O) groups excluding carboxylic acids is 1. The zero-order valence-corrected chi connectivity index (χ0v) is 15.1. The zero-order valence-electron chi connectivity index (χ0n) is 13.6. The van der Waals surface area contributed by atoms with Gasteiger partial charge in [-0.1, -0.05) is 0 Å². The van der Waals surface area contributed by atoms with Crippen LogP contribution in [0.5, 0.6) is 6.01 Å². The number of ether oxygens (including phenoxy) is 1. The van der Waals surface area contributed by atoms with E-state index in [-0.39, 0.29) is 23.5 Å². The van der Waals surface area contributed by atoms with Crippen molar-refractivity contribution in [1.82, 2.24) is 19.7 Å². The van der Waals surface area contributed by atoms with E-state index in [1.165, 1.54) is 19.2 Å². The number of hydrogen-bond donors (Lipinski definition) is 3. The molecule has 2 aromatic rings. The highest BCUT2D eigenvalue weighted by Crippen LogP contribution is 2.10. The first kappa shape index (κ1) is 19.2. The van der Waals surface area contributed by atoms with Crippen LogP contribution in [0.4, 0.5) is 16.4 Å². The van der Waals surface area contributed by atoms with E-state index in [0.29, 0.717) is 5.56 Å². The van der Waals surface area contributed by atoms with Crippen molar-refractivity contribution in [3.8, 4) is 17.3 Å². The largest absolute Gasteiger partial charge is 0.467 e. The Morgan fingerprint density at radius 2 is 1.88 bits per heavy atom. The summed E-state index contributed by atoms with van der Waals surface area (Å²) in [5.41, 5.74) is 0.830. The number of methoxy groups -OCH3 is 1. The Morgan fingerprint density at radius 1 is 1.19 bits per heavy atom. The van der Waals surface area contributed by atoms with E-state index < -0.39 is 16.2 Å². The summed E-state index contributed by atoms with van der Waals surface area (Å²) < 4.78 is 32.8. The lowest BCUT2D eigenvalue weighted by Crippen LogP contribution is -2.38. The molecule has 0 atom stereocenters. The monoisotopic (exact) mass is 396 g/mol. The Hall–Kier alpha value is -3.10. The Bertz CT molecular complexity index is 969. The van der Waals surface area contributed by atoms with Gasteiger partial charge in [-0.25, -0.2) is 9.52 Å². The number of hydrogen-bond acceptors (Lipinski definition) is 7. The van der Waals surface area contributed by atoms with Gasteiger partial charge in [0.25, 0.3) is 0 Å². The minimum atomic E-state index is -4.18. The number of amides is 2. The van der Waals surface area contributed by atoms with Crippen LogP contribution in [0, 0.1) is 18.2 Å². The molecule has 0 spiro atoms. The van der Waals surface area contributed by atoms with Crippen LogP contribution in [0.1, 0.15) is 11.4 Å². The summed E-state index contributed by atoms with van der Waals surface area (Å²) in [5.74, 6) is 2.72. The second-order valence-corrected chi connectivity index (χ2v) is 6.26. The lowest BCUT2D eigenvalue weighted by molar-refractivity contribution is 0.256. The molecule has 10 nitrogen and oxygen atoms in total. The number of nitrogens with one attached hydrogen (secondary N) is 3. The molecule has 1 aromatic carbocycles. The van der Waals surface area contributed by atoms with E-state index in [9.17, 15) is 13.2 Å². The minimum absolute atomic E-state index is 0.0195. The first-order chi connectivity index (χ1) is 12.3. The third-order valence-electron chi connectivity index (χ3n) is 2.69. The van der Waals surface area contributed by atoms with Crippen molar-refractivity contribution in [1.29, 1.82) is 0 Å². The number of halogens is 1. The van der Waals surface area contributed by atoms with Crippen molar-refractivity contribution in [2.24, 2.45) is 0 Å². The highest BCUT2D eigenvalue weighted by Gasteiger charge is 2.16. The fourth-order valence-electron chi connectivity index (χ4n) is 1.71. The third kappa shape index (κ3) is 5.76. The molecule has 0 fully saturated rings. The number of benzene rings is 1. The van der Waals surface area contributed by atoms with Crippen molar-refractivity contribution >= 4 is 39.5 Å². The number of rotatable bonds is 5. The molecule has 0 saturated heterocycles. The van der Waals surface area contributed by atoms with Gasteiger partial charge in [-0.05, 0) is 48.7 Å². The minimum Gasteiger partial charge on any atom is -0.467 e. The van der Waals surface area contributed by atoms with Gasteiger partial charge in [-0.2, -0.15) is 23.4 Å². The summed E-state index contributed by atoms with van der Waals surface area (Å²) in [5, 5.41) is 4.39. The molecule has 0 aliphatic heterocycles. The zero-order chi connectivity index (χ0) is 19.2. The van der Waals surface area contributed by atoms with Gasteiger partial charge in [-0.15, -0.1) is 0 Å². The molecule has 0 aliphatic carbocycles. The normalized spacial score (nSPS) is 10.3. The van der Waals surface area contributed by atoms with Crippen molar-refractivity contribution in [2.75, 3.05) is 17.1 Å². The van der Waals surface area contributed by atoms with Crippen LogP contribution >= 0.6 is 11.6 Å². The Balaban J connectivity index is 2.02. The van der Waals surface area contributed by atoms with Gasteiger partial charge < -0.3 is 4.74 Å². The number of urea groups is 1. The highest BCUT2D eigenvalue weighted by molar-refractivity contribution is 7.91. The quantitative estimate of drug-likeness (QED) is 0.646. The summed E-state index contributed by atoms with van der Waals surface area (Å²) in [6.07, 6.45) is 0. The van der Waals surface area contributed by atoms with Gasteiger partial charge in [0.2, 0.25) is 5.95 Å². The van der Waals surface area contributed by atoms with Crippen LogP contribution < -0.4 is 19.5 Å².